The van der Waals surface area contributed by atoms with Crippen LogP contribution in [0.15, 0.2) is 36.5 Å². The van der Waals surface area contributed by atoms with Gasteiger partial charge in [-0.15, -0.1) is 0 Å². The predicted octanol–water partition coefficient (Wildman–Crippen LogP) is 9.79. The Hall–Kier alpha value is -1.44. The summed E-state index contributed by atoms with van der Waals surface area (Å²) < 4.78 is 32.3. The largest absolute Gasteiger partial charge is 0.391 e. The van der Waals surface area contributed by atoms with Crippen molar-refractivity contribution in [3.8, 4) is 0 Å². The van der Waals surface area contributed by atoms with Gasteiger partial charge in [-0.25, -0.2) is 0 Å². The second-order valence-electron chi connectivity index (χ2n) is 12.1. The normalized spacial score (nSPS) is 13.9. The molecule has 0 saturated heterocycles. The highest BCUT2D eigenvalue weighted by Crippen LogP contribution is 2.15. The Labute approximate surface area is 266 Å². The minimum Gasteiger partial charge on any atom is -0.391 e. The third kappa shape index (κ3) is 31.8. The quantitative estimate of drug-likeness (QED) is 0.0404. The van der Waals surface area contributed by atoms with Crippen molar-refractivity contribution in [3.63, 3.8) is 0 Å². The molecule has 1 amide bonds. The summed E-state index contributed by atoms with van der Waals surface area (Å²) in [6, 6.07) is -0.973. The fourth-order valence-electron chi connectivity index (χ4n) is 5.23. The fraction of sp³-hybridized carbons (Fsp3) is 0.806. The van der Waals surface area contributed by atoms with Crippen molar-refractivity contribution in [3.05, 3.63) is 36.5 Å². The molecule has 0 bridgehead atoms. The first kappa shape index (κ1) is 41.6. The van der Waals surface area contributed by atoms with Crippen molar-refractivity contribution >= 4 is 16.0 Å². The fourth-order valence-corrected chi connectivity index (χ4v) is 5.99. The zero-order valence-corrected chi connectivity index (χ0v) is 28.6. The van der Waals surface area contributed by atoms with E-state index in [2.05, 4.69) is 55.6 Å². The van der Waals surface area contributed by atoms with Gasteiger partial charge in [-0.3, -0.25) is 9.35 Å². The molecule has 2 atom stereocenters. The summed E-state index contributed by atoms with van der Waals surface area (Å²) in [4.78, 5) is 12.5. The van der Waals surface area contributed by atoms with E-state index in [0.29, 0.717) is 12.8 Å². The van der Waals surface area contributed by atoms with Gasteiger partial charge in [-0.1, -0.05) is 153 Å². The first-order valence-corrected chi connectivity index (χ1v) is 19.3. The Bertz CT molecular complexity index is 821. The number of rotatable bonds is 31. The van der Waals surface area contributed by atoms with Crippen LogP contribution in [0.2, 0.25) is 0 Å². The Morgan fingerprint density at radius 2 is 1.12 bits per heavy atom. The summed E-state index contributed by atoms with van der Waals surface area (Å²) in [5.74, 6) is -0.911. The van der Waals surface area contributed by atoms with E-state index in [-0.39, 0.29) is 5.91 Å². The first-order chi connectivity index (χ1) is 20.8. The van der Waals surface area contributed by atoms with Crippen LogP contribution < -0.4 is 5.32 Å². The number of hydrogen-bond donors (Lipinski definition) is 3. The zero-order valence-electron chi connectivity index (χ0n) is 27.8. The molecule has 0 spiro atoms. The van der Waals surface area contributed by atoms with Gasteiger partial charge in [0.05, 0.1) is 17.9 Å². The minimum atomic E-state index is -4.30. The summed E-state index contributed by atoms with van der Waals surface area (Å²) in [6.45, 7) is 4.38. The average molecular weight is 626 g/mol. The molecule has 3 N–H and O–H groups in total. The van der Waals surface area contributed by atoms with Crippen LogP contribution in [-0.2, 0) is 14.9 Å². The third-order valence-corrected chi connectivity index (χ3v) is 8.64. The molecule has 7 heteroatoms. The minimum absolute atomic E-state index is 0.259. The van der Waals surface area contributed by atoms with Gasteiger partial charge in [0.15, 0.2) is 0 Å². The SMILES string of the molecule is CC/C=C\C/C=C\C/C=C\CCCCCCCCCC(=O)NC(CS(=O)(=O)O)C(O)CCCCCCCCCCCCC. The second-order valence-corrected chi connectivity index (χ2v) is 13.6. The van der Waals surface area contributed by atoms with Crippen LogP contribution in [0.4, 0.5) is 0 Å². The standard InChI is InChI=1S/C36H67NO5S/c1-3-5-7-9-11-13-15-16-17-18-19-20-22-24-26-28-30-32-36(39)37-34(33-43(40,41)42)35(38)31-29-27-25-23-21-14-12-10-8-6-4-2/h5,7,11,13,16-17,34-35,38H,3-4,6,8-10,12,14-15,18-33H2,1-2H3,(H,37,39)(H,40,41,42)/b7-5-,13-11-,17-16-. The van der Waals surface area contributed by atoms with E-state index in [1.54, 1.807) is 0 Å². The molecular weight excluding hydrogens is 558 g/mol. The van der Waals surface area contributed by atoms with Crippen molar-refractivity contribution in [2.45, 2.75) is 180 Å². The predicted molar refractivity (Wildman–Crippen MR) is 184 cm³/mol. The lowest BCUT2D eigenvalue weighted by Gasteiger charge is -2.23. The van der Waals surface area contributed by atoms with Crippen molar-refractivity contribution in [2.24, 2.45) is 0 Å². The molecular formula is C36H67NO5S. The smallest absolute Gasteiger partial charge is 0.266 e. The molecule has 2 unspecified atom stereocenters. The second kappa shape index (κ2) is 30.6. The van der Waals surface area contributed by atoms with E-state index in [1.807, 2.05) is 0 Å². The van der Waals surface area contributed by atoms with Crippen LogP contribution in [0.3, 0.4) is 0 Å². The third-order valence-electron chi connectivity index (χ3n) is 7.86. The van der Waals surface area contributed by atoms with Gasteiger partial charge in [0.2, 0.25) is 5.91 Å². The van der Waals surface area contributed by atoms with Crippen LogP contribution >= 0.6 is 0 Å². The first-order valence-electron chi connectivity index (χ1n) is 17.7. The Morgan fingerprint density at radius 1 is 0.651 bits per heavy atom. The molecule has 0 aliphatic carbocycles. The van der Waals surface area contributed by atoms with Gasteiger partial charge in [0.1, 0.15) is 0 Å². The highest BCUT2D eigenvalue weighted by molar-refractivity contribution is 7.85. The van der Waals surface area contributed by atoms with Gasteiger partial charge < -0.3 is 10.4 Å². The van der Waals surface area contributed by atoms with E-state index < -0.39 is 28.0 Å². The highest BCUT2D eigenvalue weighted by Gasteiger charge is 2.26. The van der Waals surface area contributed by atoms with Crippen LogP contribution in [0, 0.1) is 0 Å². The summed E-state index contributed by atoms with van der Waals surface area (Å²) >= 11 is 0. The van der Waals surface area contributed by atoms with Crippen molar-refractivity contribution in [1.29, 1.82) is 0 Å². The number of hydrogen-bond acceptors (Lipinski definition) is 4. The summed E-state index contributed by atoms with van der Waals surface area (Å²) in [7, 11) is -4.30. The van der Waals surface area contributed by atoms with Crippen LogP contribution in [-0.4, -0.2) is 41.9 Å². The maximum atomic E-state index is 12.5. The Morgan fingerprint density at radius 3 is 1.65 bits per heavy atom. The van der Waals surface area contributed by atoms with E-state index in [4.69, 9.17) is 0 Å². The summed E-state index contributed by atoms with van der Waals surface area (Å²) in [5, 5.41) is 13.3. The van der Waals surface area contributed by atoms with Crippen molar-refractivity contribution in [1.82, 2.24) is 5.32 Å². The molecule has 0 aromatic rings. The summed E-state index contributed by atoms with van der Waals surface area (Å²) in [5.41, 5.74) is 0. The lowest BCUT2D eigenvalue weighted by atomic mass is 10.0. The molecule has 0 aromatic carbocycles. The van der Waals surface area contributed by atoms with Crippen LogP contribution in [0.25, 0.3) is 0 Å². The van der Waals surface area contributed by atoms with Crippen molar-refractivity contribution in [2.75, 3.05) is 5.75 Å². The van der Waals surface area contributed by atoms with Gasteiger partial charge in [0, 0.05) is 6.42 Å². The van der Waals surface area contributed by atoms with E-state index in [0.717, 1.165) is 70.6 Å². The Kier molecular flexibility index (Phi) is 29.6. The van der Waals surface area contributed by atoms with Gasteiger partial charge >= 0.3 is 0 Å². The molecule has 0 aromatic heterocycles. The number of unbranched alkanes of at least 4 members (excludes halogenated alkanes) is 17. The molecule has 43 heavy (non-hydrogen) atoms. The van der Waals surface area contributed by atoms with Gasteiger partial charge in [-0.2, -0.15) is 8.42 Å². The highest BCUT2D eigenvalue weighted by atomic mass is 32.2. The van der Waals surface area contributed by atoms with E-state index >= 15 is 0 Å². The maximum absolute atomic E-state index is 12.5. The van der Waals surface area contributed by atoms with Gasteiger partial charge in [0.25, 0.3) is 10.1 Å². The average Bonchev–Trinajstić information content (AvgIpc) is 2.96. The lowest BCUT2D eigenvalue weighted by Crippen LogP contribution is -2.47. The molecule has 0 rings (SSSR count). The van der Waals surface area contributed by atoms with Crippen LogP contribution in [0.5, 0.6) is 0 Å². The number of allylic oxidation sites excluding steroid dienone is 6. The van der Waals surface area contributed by atoms with E-state index in [1.165, 1.54) is 70.6 Å². The molecule has 252 valence electrons. The maximum Gasteiger partial charge on any atom is 0.266 e. The monoisotopic (exact) mass is 625 g/mol. The van der Waals surface area contributed by atoms with Crippen molar-refractivity contribution < 1.29 is 22.9 Å². The molecule has 0 aliphatic rings. The van der Waals surface area contributed by atoms with Gasteiger partial charge in [-0.05, 0) is 44.9 Å². The number of aliphatic hydroxyl groups excluding tert-OH is 1. The number of aliphatic hydroxyl groups is 1. The number of carbonyl (C=O) groups is 1. The molecule has 0 heterocycles. The molecule has 0 saturated carbocycles. The molecule has 0 radical (unpaired) electrons. The van der Waals surface area contributed by atoms with Crippen LogP contribution in [0.1, 0.15) is 168 Å². The Balaban J connectivity index is 3.95. The van der Waals surface area contributed by atoms with E-state index in [9.17, 15) is 22.9 Å². The molecule has 0 fully saturated rings. The molecule has 0 aliphatic heterocycles. The number of carbonyl (C=O) groups excluding carboxylic acids is 1. The number of nitrogens with one attached hydrogen (secondary N) is 1. The summed E-state index contributed by atoms with van der Waals surface area (Å²) in [6.07, 6.45) is 38.0. The lowest BCUT2D eigenvalue weighted by molar-refractivity contribution is -0.122. The number of amides is 1. The zero-order chi connectivity index (χ0) is 31.9. The molecule has 6 nitrogen and oxygen atoms in total. The topological polar surface area (TPSA) is 104 Å².